The average Bonchev–Trinajstić information content (AvgIpc) is 2.94. The summed E-state index contributed by atoms with van der Waals surface area (Å²) in [6.07, 6.45) is 3.48. The van der Waals surface area contributed by atoms with Crippen molar-refractivity contribution in [3.05, 3.63) is 53.6 Å². The van der Waals surface area contributed by atoms with Gasteiger partial charge in [-0.1, -0.05) is 30.3 Å². The fraction of sp³-hybridized carbons (Fsp3) is 0.444. The Morgan fingerprint density at radius 2 is 2.00 bits per heavy atom. The van der Waals surface area contributed by atoms with E-state index in [1.54, 1.807) is 0 Å². The van der Waals surface area contributed by atoms with E-state index >= 15 is 0 Å². The number of rotatable bonds is 5. The molecule has 0 radical (unpaired) electrons. The quantitative estimate of drug-likeness (QED) is 0.847. The van der Waals surface area contributed by atoms with Gasteiger partial charge in [0.05, 0.1) is 12.2 Å². The summed E-state index contributed by atoms with van der Waals surface area (Å²) >= 11 is 0. The van der Waals surface area contributed by atoms with Crippen LogP contribution in [0.4, 0.5) is 0 Å². The normalized spacial score (nSPS) is 14.1. The van der Waals surface area contributed by atoms with Crippen molar-refractivity contribution in [2.45, 2.75) is 32.5 Å². The molecular formula is C18H24N4O. The highest BCUT2D eigenvalue weighted by Gasteiger charge is 2.22. The summed E-state index contributed by atoms with van der Waals surface area (Å²) in [5, 5.41) is 0. The Labute approximate surface area is 137 Å². The van der Waals surface area contributed by atoms with Gasteiger partial charge >= 0.3 is 0 Å². The summed E-state index contributed by atoms with van der Waals surface area (Å²) in [7, 11) is 4.08. The summed E-state index contributed by atoms with van der Waals surface area (Å²) in [5.41, 5.74) is 2.29. The third kappa shape index (κ3) is 3.99. The minimum Gasteiger partial charge on any atom is -0.333 e. The summed E-state index contributed by atoms with van der Waals surface area (Å²) in [6.45, 7) is 3.08. The molecule has 0 aliphatic carbocycles. The maximum Gasteiger partial charge on any atom is 0.223 e. The number of nitrogens with zero attached hydrogens (tertiary/aromatic N) is 4. The van der Waals surface area contributed by atoms with E-state index in [4.69, 9.17) is 0 Å². The van der Waals surface area contributed by atoms with Crippen LogP contribution in [0.25, 0.3) is 0 Å². The van der Waals surface area contributed by atoms with E-state index in [0.29, 0.717) is 13.0 Å². The lowest BCUT2D eigenvalue weighted by Gasteiger charge is -2.27. The number of imidazole rings is 1. The molecule has 1 aliphatic rings. The molecule has 0 fully saturated rings. The van der Waals surface area contributed by atoms with E-state index in [1.807, 2.05) is 37.2 Å². The second-order valence-electron chi connectivity index (χ2n) is 6.38. The van der Waals surface area contributed by atoms with Gasteiger partial charge in [-0.2, -0.15) is 0 Å². The smallest absolute Gasteiger partial charge is 0.223 e. The van der Waals surface area contributed by atoms with E-state index in [0.717, 1.165) is 37.6 Å². The van der Waals surface area contributed by atoms with Gasteiger partial charge in [-0.15, -0.1) is 0 Å². The van der Waals surface area contributed by atoms with Gasteiger partial charge in [-0.05, 0) is 26.1 Å². The van der Waals surface area contributed by atoms with Crippen molar-refractivity contribution in [3.63, 3.8) is 0 Å². The molecule has 1 amide bonds. The van der Waals surface area contributed by atoms with Crippen molar-refractivity contribution >= 4 is 5.91 Å². The molecule has 5 heteroatoms. The van der Waals surface area contributed by atoms with E-state index in [1.165, 1.54) is 5.56 Å². The molecule has 2 aromatic rings. The van der Waals surface area contributed by atoms with E-state index in [2.05, 4.69) is 32.8 Å². The van der Waals surface area contributed by atoms with Gasteiger partial charge in [0.2, 0.25) is 5.91 Å². The number of amides is 1. The molecule has 0 atom stereocenters. The van der Waals surface area contributed by atoms with Gasteiger partial charge in [0.15, 0.2) is 0 Å². The van der Waals surface area contributed by atoms with E-state index in [-0.39, 0.29) is 5.91 Å². The number of aryl methyl sites for hydroxylation is 1. The topological polar surface area (TPSA) is 41.4 Å². The molecule has 0 saturated carbocycles. The summed E-state index contributed by atoms with van der Waals surface area (Å²) < 4.78 is 2.18. The van der Waals surface area contributed by atoms with Crippen LogP contribution in [0.1, 0.15) is 23.5 Å². The Kier molecular flexibility index (Phi) is 4.76. The zero-order chi connectivity index (χ0) is 16.2. The van der Waals surface area contributed by atoms with Gasteiger partial charge in [0, 0.05) is 32.3 Å². The van der Waals surface area contributed by atoms with Crippen molar-refractivity contribution in [3.8, 4) is 0 Å². The van der Waals surface area contributed by atoms with Crippen LogP contribution in [-0.2, 0) is 30.8 Å². The molecule has 1 aromatic carbocycles. The molecular weight excluding hydrogens is 288 g/mol. The Morgan fingerprint density at radius 3 is 2.74 bits per heavy atom. The van der Waals surface area contributed by atoms with Crippen LogP contribution in [-0.4, -0.2) is 45.9 Å². The van der Waals surface area contributed by atoms with Crippen LogP contribution in [0.2, 0.25) is 0 Å². The van der Waals surface area contributed by atoms with Gasteiger partial charge in [0.25, 0.3) is 0 Å². The van der Waals surface area contributed by atoms with E-state index < -0.39 is 0 Å². The fourth-order valence-electron chi connectivity index (χ4n) is 2.98. The van der Waals surface area contributed by atoms with Gasteiger partial charge in [0.1, 0.15) is 5.82 Å². The van der Waals surface area contributed by atoms with Crippen LogP contribution in [0, 0.1) is 0 Å². The van der Waals surface area contributed by atoms with Crippen LogP contribution < -0.4 is 0 Å². The Morgan fingerprint density at radius 1 is 1.22 bits per heavy atom. The minimum absolute atomic E-state index is 0.220. The summed E-state index contributed by atoms with van der Waals surface area (Å²) in [5.74, 6) is 1.22. The molecule has 1 aliphatic heterocycles. The highest BCUT2D eigenvalue weighted by Crippen LogP contribution is 2.15. The predicted octanol–water partition coefficient (Wildman–Crippen LogP) is 1.92. The van der Waals surface area contributed by atoms with Crippen LogP contribution in [0.5, 0.6) is 0 Å². The summed E-state index contributed by atoms with van der Waals surface area (Å²) in [4.78, 5) is 21.2. The zero-order valence-electron chi connectivity index (χ0n) is 13.9. The first-order valence-electron chi connectivity index (χ1n) is 8.13. The second-order valence-corrected chi connectivity index (χ2v) is 6.38. The second kappa shape index (κ2) is 6.96. The minimum atomic E-state index is 0.220. The Balaban J connectivity index is 1.58. The van der Waals surface area contributed by atoms with Crippen molar-refractivity contribution in [2.75, 3.05) is 20.6 Å². The highest BCUT2D eigenvalue weighted by molar-refractivity contribution is 5.76. The molecule has 0 bridgehead atoms. The highest BCUT2D eigenvalue weighted by atomic mass is 16.2. The van der Waals surface area contributed by atoms with Gasteiger partial charge < -0.3 is 14.4 Å². The van der Waals surface area contributed by atoms with Crippen LogP contribution in [0.15, 0.2) is 36.5 Å². The molecule has 0 N–H and O–H groups in total. The molecule has 0 unspecified atom stereocenters. The molecule has 0 saturated heterocycles. The predicted molar refractivity (Wildman–Crippen MR) is 89.8 cm³/mol. The first kappa shape index (κ1) is 15.7. The molecule has 3 rings (SSSR count). The molecule has 1 aromatic heterocycles. The molecule has 2 heterocycles. The third-order valence-electron chi connectivity index (χ3n) is 4.15. The maximum absolute atomic E-state index is 12.4. The molecule has 23 heavy (non-hydrogen) atoms. The lowest BCUT2D eigenvalue weighted by Crippen LogP contribution is -2.38. The maximum atomic E-state index is 12.4. The number of hydrogen-bond acceptors (Lipinski definition) is 3. The molecule has 5 nitrogen and oxygen atoms in total. The Bertz CT molecular complexity index is 663. The number of carbonyl (C=O) groups excluding carboxylic acids is 1. The van der Waals surface area contributed by atoms with Crippen LogP contribution >= 0.6 is 0 Å². The zero-order valence-corrected chi connectivity index (χ0v) is 13.9. The number of benzene rings is 1. The standard InChI is InChI=1S/C18H24N4O/c1-20(2)12-16-13-21-10-11-22(14-17(21)19-16)18(23)9-8-15-6-4-3-5-7-15/h3-7,13H,8-12,14H2,1-2H3. The number of hydrogen-bond donors (Lipinski definition) is 0. The van der Waals surface area contributed by atoms with Crippen LogP contribution in [0.3, 0.4) is 0 Å². The SMILES string of the molecule is CN(C)Cc1cn2c(n1)CN(C(=O)CCc1ccccc1)CC2. The van der Waals surface area contributed by atoms with Crippen molar-refractivity contribution in [1.29, 1.82) is 0 Å². The number of fused-ring (bicyclic) bond motifs is 1. The molecule has 122 valence electrons. The van der Waals surface area contributed by atoms with Gasteiger partial charge in [-0.25, -0.2) is 4.98 Å². The van der Waals surface area contributed by atoms with Crippen molar-refractivity contribution in [2.24, 2.45) is 0 Å². The van der Waals surface area contributed by atoms with Crippen molar-refractivity contribution in [1.82, 2.24) is 19.4 Å². The number of carbonyl (C=O) groups is 1. The first-order chi connectivity index (χ1) is 11.1. The third-order valence-corrected chi connectivity index (χ3v) is 4.15. The fourth-order valence-corrected chi connectivity index (χ4v) is 2.98. The lowest BCUT2D eigenvalue weighted by atomic mass is 10.1. The van der Waals surface area contributed by atoms with Crippen molar-refractivity contribution < 1.29 is 4.79 Å². The molecule has 0 spiro atoms. The summed E-state index contributed by atoms with van der Waals surface area (Å²) in [6, 6.07) is 10.2. The first-order valence-corrected chi connectivity index (χ1v) is 8.13. The Hall–Kier alpha value is -2.14. The van der Waals surface area contributed by atoms with Gasteiger partial charge in [-0.3, -0.25) is 4.79 Å². The number of aromatic nitrogens is 2. The largest absolute Gasteiger partial charge is 0.333 e. The monoisotopic (exact) mass is 312 g/mol. The average molecular weight is 312 g/mol. The lowest BCUT2D eigenvalue weighted by molar-refractivity contribution is -0.132. The van der Waals surface area contributed by atoms with E-state index in [9.17, 15) is 4.79 Å².